The first kappa shape index (κ1) is 7.76. The summed E-state index contributed by atoms with van der Waals surface area (Å²) in [7, 11) is 1.87. The molecule has 0 radical (unpaired) electrons. The summed E-state index contributed by atoms with van der Waals surface area (Å²) in [6.45, 7) is 0. The third kappa shape index (κ3) is 0.956. The third-order valence-corrected chi connectivity index (χ3v) is 2.53. The first-order valence-corrected chi connectivity index (χ1v) is 4.07. The van der Waals surface area contributed by atoms with E-state index >= 15 is 0 Å². The summed E-state index contributed by atoms with van der Waals surface area (Å²) in [4.78, 5) is 0. The molecule has 1 aliphatic carbocycles. The van der Waals surface area contributed by atoms with E-state index in [1.807, 2.05) is 13.1 Å². The molecule has 1 fully saturated rings. The highest BCUT2D eigenvalue weighted by molar-refractivity contribution is 5.19. The maximum absolute atomic E-state index is 9.16. The second-order valence-corrected chi connectivity index (χ2v) is 3.56. The number of aryl methyl sites for hydroxylation is 1. The number of aromatic nitrogens is 2. The van der Waals surface area contributed by atoms with Crippen LogP contribution in [0, 0.1) is 0 Å². The van der Waals surface area contributed by atoms with Crippen molar-refractivity contribution >= 4 is 0 Å². The molecule has 4 nitrogen and oxygen atoms in total. The van der Waals surface area contributed by atoms with Crippen molar-refractivity contribution in [2.45, 2.75) is 24.5 Å². The molecule has 1 aliphatic rings. The summed E-state index contributed by atoms with van der Waals surface area (Å²) >= 11 is 0. The van der Waals surface area contributed by atoms with E-state index in [4.69, 9.17) is 10.8 Å². The molecular weight excluding hydrogens is 154 g/mol. The Balaban J connectivity index is 2.26. The molecular formula is C8H13N3O. The topological polar surface area (TPSA) is 64.1 Å². The highest BCUT2D eigenvalue weighted by Gasteiger charge is 2.43. The van der Waals surface area contributed by atoms with E-state index in [0.29, 0.717) is 12.8 Å². The zero-order chi connectivity index (χ0) is 8.77. The van der Waals surface area contributed by atoms with Crippen LogP contribution in [0.1, 0.15) is 18.5 Å². The monoisotopic (exact) mass is 167 g/mol. The smallest absolute Gasteiger partial charge is 0.0630 e. The van der Waals surface area contributed by atoms with Gasteiger partial charge in [-0.3, -0.25) is 4.68 Å². The quantitative estimate of drug-likeness (QED) is 0.605. The Morgan fingerprint density at radius 2 is 2.42 bits per heavy atom. The van der Waals surface area contributed by atoms with Gasteiger partial charge in [0.25, 0.3) is 0 Å². The third-order valence-electron chi connectivity index (χ3n) is 2.53. The van der Waals surface area contributed by atoms with Crippen LogP contribution in [0.2, 0.25) is 0 Å². The van der Waals surface area contributed by atoms with E-state index in [9.17, 15) is 0 Å². The zero-order valence-corrected chi connectivity index (χ0v) is 7.07. The molecule has 0 unspecified atom stereocenters. The lowest BCUT2D eigenvalue weighted by Gasteiger charge is -2.42. The Kier molecular flexibility index (Phi) is 1.49. The number of hydrogen-bond donors (Lipinski definition) is 2. The summed E-state index contributed by atoms with van der Waals surface area (Å²) in [5.74, 6) is 0. The second kappa shape index (κ2) is 2.31. The first-order valence-electron chi connectivity index (χ1n) is 4.07. The van der Waals surface area contributed by atoms with Crippen LogP contribution in [0.15, 0.2) is 12.3 Å². The fraction of sp³-hybridized carbons (Fsp3) is 0.625. The Hall–Kier alpha value is -0.870. The molecule has 0 saturated heterocycles. The molecule has 1 aromatic heterocycles. The van der Waals surface area contributed by atoms with E-state index in [1.165, 1.54) is 0 Å². The lowest BCUT2D eigenvalue weighted by atomic mass is 9.73. The average molecular weight is 167 g/mol. The summed E-state index contributed by atoms with van der Waals surface area (Å²) in [6.07, 6.45) is 2.79. The van der Waals surface area contributed by atoms with Crippen molar-refractivity contribution < 1.29 is 5.11 Å². The molecule has 0 bridgehead atoms. The van der Waals surface area contributed by atoms with Gasteiger partial charge >= 0.3 is 0 Å². The van der Waals surface area contributed by atoms with Crippen LogP contribution in [0.3, 0.4) is 0 Å². The lowest BCUT2D eigenvalue weighted by molar-refractivity contribution is 0.0170. The van der Waals surface area contributed by atoms with Crippen LogP contribution in [-0.2, 0) is 12.6 Å². The maximum Gasteiger partial charge on any atom is 0.0630 e. The van der Waals surface area contributed by atoms with Gasteiger partial charge in [-0.2, -0.15) is 5.10 Å². The highest BCUT2D eigenvalue weighted by atomic mass is 16.3. The number of aliphatic hydroxyl groups is 1. The highest BCUT2D eigenvalue weighted by Crippen LogP contribution is 2.38. The minimum absolute atomic E-state index is 0.232. The Morgan fingerprint density at radius 1 is 1.75 bits per heavy atom. The fourth-order valence-corrected chi connectivity index (χ4v) is 1.85. The minimum atomic E-state index is -0.343. The van der Waals surface area contributed by atoms with Gasteiger partial charge in [0.05, 0.1) is 17.3 Å². The number of hydrogen-bond acceptors (Lipinski definition) is 3. The molecule has 0 aromatic carbocycles. The van der Waals surface area contributed by atoms with Gasteiger partial charge in [0, 0.05) is 13.2 Å². The van der Waals surface area contributed by atoms with Crippen LogP contribution in [0.5, 0.6) is 0 Å². The molecule has 0 spiro atoms. The zero-order valence-electron chi connectivity index (χ0n) is 7.07. The van der Waals surface area contributed by atoms with Crippen molar-refractivity contribution in [3.8, 4) is 0 Å². The van der Waals surface area contributed by atoms with E-state index in [2.05, 4.69) is 5.10 Å². The van der Waals surface area contributed by atoms with E-state index in [0.717, 1.165) is 5.69 Å². The van der Waals surface area contributed by atoms with E-state index in [-0.39, 0.29) is 11.6 Å². The van der Waals surface area contributed by atoms with E-state index in [1.54, 1.807) is 10.9 Å². The van der Waals surface area contributed by atoms with Gasteiger partial charge < -0.3 is 10.8 Å². The molecule has 1 aromatic rings. The summed E-state index contributed by atoms with van der Waals surface area (Å²) in [5, 5.41) is 13.2. The van der Waals surface area contributed by atoms with Gasteiger partial charge in [0.2, 0.25) is 0 Å². The van der Waals surface area contributed by atoms with Crippen LogP contribution >= 0.6 is 0 Å². The summed E-state index contributed by atoms with van der Waals surface area (Å²) in [5.41, 5.74) is 6.70. The van der Waals surface area contributed by atoms with Gasteiger partial charge in [-0.25, -0.2) is 0 Å². The standard InChI is InChI=1S/C8H13N3O/c1-11-7(2-3-10-11)8(9)4-6(12)5-8/h2-3,6,12H,4-5,9H2,1H3. The Morgan fingerprint density at radius 3 is 2.83 bits per heavy atom. The summed E-state index contributed by atoms with van der Waals surface area (Å²) in [6, 6.07) is 1.91. The molecule has 3 N–H and O–H groups in total. The van der Waals surface area contributed by atoms with Crippen molar-refractivity contribution in [2.24, 2.45) is 12.8 Å². The number of nitrogens with zero attached hydrogens (tertiary/aromatic N) is 2. The molecule has 0 atom stereocenters. The molecule has 2 rings (SSSR count). The van der Waals surface area contributed by atoms with Gasteiger partial charge in [-0.05, 0) is 18.9 Å². The maximum atomic E-state index is 9.16. The molecule has 12 heavy (non-hydrogen) atoms. The number of rotatable bonds is 1. The predicted octanol–water partition coefficient (Wildman–Crippen LogP) is -0.271. The molecule has 1 heterocycles. The average Bonchev–Trinajstić information content (AvgIpc) is 2.32. The predicted molar refractivity (Wildman–Crippen MR) is 44.3 cm³/mol. The molecule has 66 valence electrons. The SMILES string of the molecule is Cn1nccc1C1(N)CC(O)C1. The summed E-state index contributed by atoms with van der Waals surface area (Å²) < 4.78 is 1.77. The number of nitrogens with two attached hydrogens (primary N) is 1. The molecule has 4 heteroatoms. The molecule has 0 amide bonds. The van der Waals surface area contributed by atoms with Crippen molar-refractivity contribution in [2.75, 3.05) is 0 Å². The van der Waals surface area contributed by atoms with Crippen LogP contribution in [0.4, 0.5) is 0 Å². The van der Waals surface area contributed by atoms with Crippen molar-refractivity contribution in [3.05, 3.63) is 18.0 Å². The Labute approximate surface area is 71.0 Å². The first-order chi connectivity index (χ1) is 5.62. The van der Waals surface area contributed by atoms with Gasteiger partial charge in [0.15, 0.2) is 0 Å². The largest absolute Gasteiger partial charge is 0.393 e. The lowest BCUT2D eigenvalue weighted by Crippen LogP contribution is -2.52. The van der Waals surface area contributed by atoms with E-state index < -0.39 is 0 Å². The van der Waals surface area contributed by atoms with Gasteiger partial charge in [0.1, 0.15) is 0 Å². The second-order valence-electron chi connectivity index (χ2n) is 3.56. The molecule has 0 aliphatic heterocycles. The van der Waals surface area contributed by atoms with Crippen molar-refractivity contribution in [3.63, 3.8) is 0 Å². The van der Waals surface area contributed by atoms with Gasteiger partial charge in [-0.15, -0.1) is 0 Å². The molecule has 1 saturated carbocycles. The van der Waals surface area contributed by atoms with Crippen LogP contribution in [-0.4, -0.2) is 21.0 Å². The van der Waals surface area contributed by atoms with Crippen molar-refractivity contribution in [1.82, 2.24) is 9.78 Å². The Bertz CT molecular complexity index is 288. The van der Waals surface area contributed by atoms with Crippen molar-refractivity contribution in [1.29, 1.82) is 0 Å². The minimum Gasteiger partial charge on any atom is -0.393 e. The fourth-order valence-electron chi connectivity index (χ4n) is 1.85. The normalized spacial score (nSPS) is 34.8. The van der Waals surface area contributed by atoms with Crippen LogP contribution in [0.25, 0.3) is 0 Å². The van der Waals surface area contributed by atoms with Gasteiger partial charge in [-0.1, -0.05) is 0 Å². The number of aliphatic hydroxyl groups excluding tert-OH is 1. The van der Waals surface area contributed by atoms with Crippen LogP contribution < -0.4 is 5.73 Å².